The van der Waals surface area contributed by atoms with Crippen molar-refractivity contribution in [3.63, 3.8) is 0 Å². The minimum Gasteiger partial charge on any atom is -0.354 e. The maximum Gasteiger partial charge on any atom is 0.281 e. The van der Waals surface area contributed by atoms with Gasteiger partial charge in [-0.2, -0.15) is 0 Å². The number of H-pyrrole nitrogens is 2. The Bertz CT molecular complexity index is 1350. The number of aromatic nitrogens is 3. The lowest BCUT2D eigenvalue weighted by atomic mass is 9.97. The van der Waals surface area contributed by atoms with Gasteiger partial charge >= 0.3 is 0 Å². The lowest BCUT2D eigenvalue weighted by molar-refractivity contribution is -0.390. The molecule has 2 aromatic carbocycles. The first-order valence-electron chi connectivity index (χ1n) is 11.3. The number of fused-ring (bicyclic) bond motifs is 1. The van der Waals surface area contributed by atoms with Crippen LogP contribution in [-0.4, -0.2) is 11.5 Å². The molecule has 5 nitrogen and oxygen atoms in total. The van der Waals surface area contributed by atoms with Crippen molar-refractivity contribution in [2.45, 2.75) is 13.0 Å². The predicted octanol–water partition coefficient (Wildman–Crippen LogP) is 3.59. The van der Waals surface area contributed by atoms with Gasteiger partial charge in [0, 0.05) is 34.9 Å². The van der Waals surface area contributed by atoms with Crippen molar-refractivity contribution in [2.75, 3.05) is 11.9 Å². The third kappa shape index (κ3) is 4.59. The van der Waals surface area contributed by atoms with E-state index in [1.807, 2.05) is 30.6 Å². The van der Waals surface area contributed by atoms with Crippen molar-refractivity contribution in [3.05, 3.63) is 109 Å². The van der Waals surface area contributed by atoms with E-state index in [1.165, 1.54) is 11.3 Å². The summed E-state index contributed by atoms with van der Waals surface area (Å²) in [6, 6.07) is 29.5. The molecule has 0 radical (unpaired) electrons. The molecule has 0 saturated heterocycles. The first-order valence-corrected chi connectivity index (χ1v) is 11.3. The van der Waals surface area contributed by atoms with E-state index in [1.54, 1.807) is 0 Å². The van der Waals surface area contributed by atoms with Crippen LogP contribution in [0.3, 0.4) is 0 Å². The van der Waals surface area contributed by atoms with E-state index in [0.717, 1.165) is 58.6 Å². The Hall–Kier alpha value is -4.09. The number of anilines is 1. The van der Waals surface area contributed by atoms with Gasteiger partial charge < -0.3 is 5.73 Å². The van der Waals surface area contributed by atoms with Gasteiger partial charge in [0.15, 0.2) is 11.9 Å². The second kappa shape index (κ2) is 9.59. The quantitative estimate of drug-likeness (QED) is 0.410. The number of hydrogen-bond donors (Lipinski definition) is 2. The molecule has 162 valence electrons. The van der Waals surface area contributed by atoms with Crippen molar-refractivity contribution in [1.82, 2.24) is 4.98 Å². The van der Waals surface area contributed by atoms with E-state index in [4.69, 9.17) is 4.98 Å². The second-order valence-corrected chi connectivity index (χ2v) is 8.05. The molecule has 0 saturated carbocycles. The summed E-state index contributed by atoms with van der Waals surface area (Å²) in [4.78, 5) is 11.8. The summed E-state index contributed by atoms with van der Waals surface area (Å²) in [5, 5.41) is 4.64. The fraction of sp³-hybridized carbons (Fsp3) is 0.107. The van der Waals surface area contributed by atoms with Crippen LogP contribution in [0.5, 0.6) is 0 Å². The zero-order valence-electron chi connectivity index (χ0n) is 18.5. The smallest absolute Gasteiger partial charge is 0.281 e. The molecule has 0 aliphatic carbocycles. The SMILES string of the molecule is [NH3+]Cc1ccc(-c2nc3cc[nH+]c(NCCc4cccc[nH+]4)c3cc2-c2ccccc2)cc1. The first kappa shape index (κ1) is 20.8. The molecule has 5 aromatic rings. The van der Waals surface area contributed by atoms with Crippen molar-refractivity contribution in [3.8, 4) is 22.4 Å². The first-order chi connectivity index (χ1) is 16.3. The Morgan fingerprint density at radius 3 is 2.36 bits per heavy atom. The number of pyridine rings is 3. The van der Waals surface area contributed by atoms with Crippen molar-refractivity contribution < 1.29 is 15.7 Å². The molecule has 6 N–H and O–H groups in total. The van der Waals surface area contributed by atoms with E-state index < -0.39 is 0 Å². The van der Waals surface area contributed by atoms with E-state index in [2.05, 4.69) is 87.7 Å². The van der Waals surface area contributed by atoms with Gasteiger partial charge in [0.25, 0.3) is 5.82 Å². The summed E-state index contributed by atoms with van der Waals surface area (Å²) in [6.45, 7) is 1.59. The number of nitrogens with one attached hydrogen (secondary N) is 3. The molecule has 3 aromatic heterocycles. The summed E-state index contributed by atoms with van der Waals surface area (Å²) < 4.78 is 0. The van der Waals surface area contributed by atoms with Crippen LogP contribution >= 0.6 is 0 Å². The molecule has 0 aliphatic rings. The third-order valence-corrected chi connectivity index (χ3v) is 5.86. The van der Waals surface area contributed by atoms with Crippen LogP contribution < -0.4 is 21.0 Å². The summed E-state index contributed by atoms with van der Waals surface area (Å²) in [6.07, 6.45) is 4.81. The van der Waals surface area contributed by atoms with Gasteiger partial charge in [-0.1, -0.05) is 60.7 Å². The van der Waals surface area contributed by atoms with E-state index in [-0.39, 0.29) is 0 Å². The van der Waals surface area contributed by atoms with Gasteiger partial charge in [-0.3, -0.25) is 5.32 Å². The normalized spacial score (nSPS) is 10.9. The van der Waals surface area contributed by atoms with Crippen LogP contribution in [0, 0.1) is 0 Å². The molecule has 0 bridgehead atoms. The molecule has 33 heavy (non-hydrogen) atoms. The van der Waals surface area contributed by atoms with Gasteiger partial charge in [0.1, 0.15) is 0 Å². The molecule has 0 atom stereocenters. The van der Waals surface area contributed by atoms with Gasteiger partial charge in [0.2, 0.25) is 0 Å². The molecule has 3 heterocycles. The Balaban J connectivity index is 1.56. The Morgan fingerprint density at radius 2 is 1.61 bits per heavy atom. The number of hydrogen-bond acceptors (Lipinski definition) is 2. The standard InChI is InChI=1S/C28H25N5/c29-19-20-9-11-22(12-10-20)27-24(21-6-2-1-3-7-21)18-25-26(33-27)14-17-32-28(25)31-16-13-23-8-4-5-15-30-23/h1-12,14-15,17-18H,13,16,19,29H2,(H,31,32)/p+3. The highest BCUT2D eigenvalue weighted by molar-refractivity contribution is 5.95. The maximum atomic E-state index is 5.12. The topological polar surface area (TPSA) is 80.8 Å². The number of nitrogens with zero attached hydrogens (tertiary/aromatic N) is 1. The Kier molecular flexibility index (Phi) is 6.04. The van der Waals surface area contributed by atoms with E-state index in [9.17, 15) is 0 Å². The average molecular weight is 435 g/mol. The number of benzene rings is 2. The lowest BCUT2D eigenvalue weighted by Crippen LogP contribution is -2.47. The summed E-state index contributed by atoms with van der Waals surface area (Å²) in [5.74, 6) is 0.979. The average Bonchev–Trinajstić information content (AvgIpc) is 2.89. The Morgan fingerprint density at radius 1 is 0.788 bits per heavy atom. The van der Waals surface area contributed by atoms with Crippen LogP contribution in [-0.2, 0) is 13.0 Å². The minimum atomic E-state index is 0.780. The summed E-state index contributed by atoms with van der Waals surface area (Å²) in [7, 11) is 0. The van der Waals surface area contributed by atoms with Gasteiger partial charge in [-0.15, -0.1) is 0 Å². The van der Waals surface area contributed by atoms with E-state index >= 15 is 0 Å². The van der Waals surface area contributed by atoms with Crippen molar-refractivity contribution >= 4 is 16.7 Å². The minimum absolute atomic E-state index is 0.780. The van der Waals surface area contributed by atoms with Gasteiger partial charge in [-0.25, -0.2) is 15.0 Å². The molecule has 0 fully saturated rings. The van der Waals surface area contributed by atoms with Crippen LogP contribution in [0.25, 0.3) is 33.3 Å². The second-order valence-electron chi connectivity index (χ2n) is 8.05. The fourth-order valence-corrected chi connectivity index (χ4v) is 4.08. The van der Waals surface area contributed by atoms with Crippen molar-refractivity contribution in [1.29, 1.82) is 0 Å². The van der Waals surface area contributed by atoms with Crippen LogP contribution in [0.15, 0.2) is 97.3 Å². The highest BCUT2D eigenvalue weighted by Gasteiger charge is 2.16. The summed E-state index contributed by atoms with van der Waals surface area (Å²) >= 11 is 0. The molecule has 0 amide bonds. The maximum absolute atomic E-state index is 5.12. The molecule has 5 rings (SSSR count). The highest BCUT2D eigenvalue weighted by Crippen LogP contribution is 2.34. The van der Waals surface area contributed by atoms with Crippen LogP contribution in [0.1, 0.15) is 11.3 Å². The van der Waals surface area contributed by atoms with Crippen molar-refractivity contribution in [2.24, 2.45) is 0 Å². The molecule has 0 spiro atoms. The van der Waals surface area contributed by atoms with Gasteiger partial charge in [0.05, 0.1) is 42.3 Å². The largest absolute Gasteiger partial charge is 0.354 e. The monoisotopic (exact) mass is 434 g/mol. The molecule has 5 heteroatoms. The molecule has 0 aliphatic heterocycles. The fourth-order valence-electron chi connectivity index (χ4n) is 4.08. The zero-order chi connectivity index (χ0) is 22.5. The number of quaternary nitrogens is 1. The molecular formula is C28H28N5+3. The molecular weight excluding hydrogens is 406 g/mol. The predicted molar refractivity (Wildman–Crippen MR) is 131 cm³/mol. The van der Waals surface area contributed by atoms with Crippen LogP contribution in [0.2, 0.25) is 0 Å². The van der Waals surface area contributed by atoms with E-state index in [0.29, 0.717) is 0 Å². The Labute approximate surface area is 193 Å². The highest BCUT2D eigenvalue weighted by atomic mass is 15.0. The zero-order valence-corrected chi connectivity index (χ0v) is 18.5. The number of aromatic amines is 2. The molecule has 0 unspecified atom stereocenters. The lowest BCUT2D eigenvalue weighted by Gasteiger charge is -2.12. The van der Waals surface area contributed by atoms with Gasteiger partial charge in [-0.05, 0) is 11.6 Å². The number of rotatable bonds is 7. The van der Waals surface area contributed by atoms with Crippen LogP contribution in [0.4, 0.5) is 5.82 Å². The summed E-state index contributed by atoms with van der Waals surface area (Å²) in [5.41, 5.74) is 11.7. The third-order valence-electron chi connectivity index (χ3n) is 5.86.